The Morgan fingerprint density at radius 1 is 0.939 bits per heavy atom. The molecule has 0 bridgehead atoms. The van der Waals surface area contributed by atoms with Gasteiger partial charge in [-0.3, -0.25) is 4.79 Å². The topological polar surface area (TPSA) is 71.1 Å². The first kappa shape index (κ1) is 22.1. The van der Waals surface area contributed by atoms with Crippen molar-refractivity contribution in [3.63, 3.8) is 0 Å². The van der Waals surface area contributed by atoms with Gasteiger partial charge in [-0.05, 0) is 47.4 Å². The van der Waals surface area contributed by atoms with Gasteiger partial charge >= 0.3 is 5.97 Å². The van der Waals surface area contributed by atoms with E-state index in [1.165, 1.54) is 25.8 Å². The largest absolute Gasteiger partial charge is 0.496 e. The Balaban J connectivity index is 1.56. The average Bonchev–Trinajstić information content (AvgIpc) is 3.13. The third-order valence-corrected chi connectivity index (χ3v) is 5.38. The van der Waals surface area contributed by atoms with Crippen molar-refractivity contribution in [1.82, 2.24) is 0 Å². The van der Waals surface area contributed by atoms with Crippen LogP contribution in [0.1, 0.15) is 51.6 Å². The lowest BCUT2D eigenvalue weighted by Gasteiger charge is -2.12. The van der Waals surface area contributed by atoms with Crippen LogP contribution in [0.4, 0.5) is 0 Å². The zero-order valence-corrected chi connectivity index (χ0v) is 18.9. The van der Waals surface area contributed by atoms with Gasteiger partial charge in [0, 0.05) is 6.07 Å². The molecule has 0 unspecified atom stereocenters. The monoisotopic (exact) mass is 444 g/mol. The van der Waals surface area contributed by atoms with E-state index in [9.17, 15) is 9.59 Å². The number of ketones is 1. The molecule has 3 aromatic carbocycles. The maximum atomic E-state index is 12.8. The summed E-state index contributed by atoms with van der Waals surface area (Å²) in [5, 5.41) is 0. The summed E-state index contributed by atoms with van der Waals surface area (Å²) < 4.78 is 21.9. The quantitative estimate of drug-likeness (QED) is 0.277. The molecule has 0 aliphatic carbocycles. The molecule has 1 aliphatic heterocycles. The minimum atomic E-state index is -0.644. The highest BCUT2D eigenvalue weighted by molar-refractivity contribution is 6.14. The van der Waals surface area contributed by atoms with Crippen molar-refractivity contribution in [2.75, 3.05) is 14.2 Å². The molecule has 4 rings (SSSR count). The molecule has 168 valence electrons. The maximum Gasteiger partial charge on any atom is 0.351 e. The molecule has 1 heterocycles. The molecule has 0 amide bonds. The number of Topliss-reactive ketones (excluding diaryl/α,β-unsaturated/α-hetero) is 1. The van der Waals surface area contributed by atoms with Gasteiger partial charge in [0.2, 0.25) is 5.78 Å². The summed E-state index contributed by atoms with van der Waals surface area (Å²) in [6, 6.07) is 17.7. The number of rotatable bonds is 6. The number of fused-ring (bicyclic) bond motifs is 1. The van der Waals surface area contributed by atoms with Gasteiger partial charge in [0.1, 0.15) is 28.6 Å². The zero-order valence-electron chi connectivity index (χ0n) is 18.9. The first-order valence-electron chi connectivity index (χ1n) is 10.5. The normalized spacial score (nSPS) is 13.6. The molecular weight excluding hydrogens is 420 g/mol. The van der Waals surface area contributed by atoms with E-state index in [-0.39, 0.29) is 22.9 Å². The summed E-state index contributed by atoms with van der Waals surface area (Å²) in [6.45, 7) is 4.25. The number of methoxy groups -OCH3 is 2. The molecule has 0 N–H and O–H groups in total. The summed E-state index contributed by atoms with van der Waals surface area (Å²) >= 11 is 0. The minimum Gasteiger partial charge on any atom is -0.496 e. The van der Waals surface area contributed by atoms with Gasteiger partial charge in [-0.2, -0.15) is 0 Å². The second-order valence-corrected chi connectivity index (χ2v) is 7.85. The third kappa shape index (κ3) is 4.46. The molecular formula is C27H24O6. The van der Waals surface area contributed by atoms with Crippen LogP contribution in [0.3, 0.4) is 0 Å². The van der Waals surface area contributed by atoms with Crippen LogP contribution in [0.5, 0.6) is 23.0 Å². The smallest absolute Gasteiger partial charge is 0.351 e. The van der Waals surface area contributed by atoms with E-state index in [0.717, 1.165) is 5.56 Å². The lowest BCUT2D eigenvalue weighted by atomic mass is 10.0. The fourth-order valence-corrected chi connectivity index (χ4v) is 3.57. The molecule has 3 aromatic rings. The lowest BCUT2D eigenvalue weighted by molar-refractivity contribution is 0.0727. The molecule has 0 aromatic heterocycles. The molecule has 0 atom stereocenters. The molecule has 0 spiro atoms. The van der Waals surface area contributed by atoms with Crippen LogP contribution in [0.2, 0.25) is 0 Å². The SMILES string of the molecule is COc1cccc(OC)c1C(=O)Oc1ccc2c(c1)O/C(=C\c1ccc(C(C)C)cc1)C2=O. The predicted octanol–water partition coefficient (Wildman–Crippen LogP) is 5.66. The number of allylic oxidation sites excluding steroid dienone is 1. The molecule has 6 heteroatoms. The van der Waals surface area contributed by atoms with Crippen molar-refractivity contribution in [3.8, 4) is 23.0 Å². The summed E-state index contributed by atoms with van der Waals surface area (Å²) in [5.74, 6) is 1.02. The van der Waals surface area contributed by atoms with Crippen molar-refractivity contribution in [2.24, 2.45) is 0 Å². The van der Waals surface area contributed by atoms with Crippen LogP contribution in [-0.4, -0.2) is 26.0 Å². The lowest BCUT2D eigenvalue weighted by Crippen LogP contribution is -2.12. The van der Waals surface area contributed by atoms with Gasteiger partial charge in [0.15, 0.2) is 5.76 Å². The highest BCUT2D eigenvalue weighted by Gasteiger charge is 2.28. The fourth-order valence-electron chi connectivity index (χ4n) is 3.57. The van der Waals surface area contributed by atoms with Crippen molar-refractivity contribution >= 4 is 17.8 Å². The number of carbonyl (C=O) groups is 2. The zero-order chi connectivity index (χ0) is 23.5. The average molecular weight is 444 g/mol. The second-order valence-electron chi connectivity index (χ2n) is 7.85. The molecule has 33 heavy (non-hydrogen) atoms. The van der Waals surface area contributed by atoms with Gasteiger partial charge in [-0.1, -0.05) is 44.2 Å². The van der Waals surface area contributed by atoms with Crippen LogP contribution < -0.4 is 18.9 Å². The van der Waals surface area contributed by atoms with Crippen LogP contribution in [0, 0.1) is 0 Å². The van der Waals surface area contributed by atoms with E-state index in [1.54, 1.807) is 36.4 Å². The van der Waals surface area contributed by atoms with Crippen molar-refractivity contribution in [1.29, 1.82) is 0 Å². The van der Waals surface area contributed by atoms with Crippen LogP contribution >= 0.6 is 0 Å². The molecule has 1 aliphatic rings. The Bertz CT molecular complexity index is 1220. The Hall–Kier alpha value is -4.06. The number of hydrogen-bond acceptors (Lipinski definition) is 6. The Kier molecular flexibility index (Phi) is 6.18. The van der Waals surface area contributed by atoms with Crippen LogP contribution in [0.25, 0.3) is 6.08 Å². The summed E-state index contributed by atoms with van der Waals surface area (Å²) in [7, 11) is 2.93. The van der Waals surface area contributed by atoms with Gasteiger partial charge < -0.3 is 18.9 Å². The van der Waals surface area contributed by atoms with Crippen molar-refractivity contribution in [2.45, 2.75) is 19.8 Å². The first-order valence-corrected chi connectivity index (χ1v) is 10.5. The van der Waals surface area contributed by atoms with E-state index in [1.807, 2.05) is 24.3 Å². The molecule has 6 nitrogen and oxygen atoms in total. The molecule has 0 fully saturated rings. The van der Waals surface area contributed by atoms with Gasteiger partial charge in [-0.15, -0.1) is 0 Å². The molecule has 0 radical (unpaired) electrons. The number of esters is 1. The van der Waals surface area contributed by atoms with E-state index in [4.69, 9.17) is 18.9 Å². The number of carbonyl (C=O) groups excluding carboxylic acids is 2. The van der Waals surface area contributed by atoms with Crippen LogP contribution in [-0.2, 0) is 0 Å². The predicted molar refractivity (Wildman–Crippen MR) is 124 cm³/mol. The Labute approximate surface area is 192 Å². The highest BCUT2D eigenvalue weighted by Crippen LogP contribution is 2.36. The van der Waals surface area contributed by atoms with Gasteiger partial charge in [-0.25, -0.2) is 4.79 Å². The van der Waals surface area contributed by atoms with E-state index in [0.29, 0.717) is 28.7 Å². The Morgan fingerprint density at radius 3 is 2.21 bits per heavy atom. The van der Waals surface area contributed by atoms with E-state index >= 15 is 0 Å². The summed E-state index contributed by atoms with van der Waals surface area (Å²) in [5.41, 5.74) is 2.67. The summed E-state index contributed by atoms with van der Waals surface area (Å²) in [6.07, 6.45) is 1.71. The third-order valence-electron chi connectivity index (χ3n) is 5.38. The van der Waals surface area contributed by atoms with Gasteiger partial charge in [0.25, 0.3) is 0 Å². The maximum absolute atomic E-state index is 12.8. The molecule has 0 saturated carbocycles. The standard InChI is InChI=1S/C27H24O6/c1-16(2)18-10-8-17(9-11-18)14-24-26(28)20-13-12-19(15-23(20)33-24)32-27(29)25-21(30-3)6-5-7-22(25)31-4/h5-16H,1-4H3/b24-14-. The number of hydrogen-bond donors (Lipinski definition) is 0. The summed E-state index contributed by atoms with van der Waals surface area (Å²) in [4.78, 5) is 25.6. The van der Waals surface area contributed by atoms with E-state index < -0.39 is 5.97 Å². The van der Waals surface area contributed by atoms with Crippen LogP contribution in [0.15, 0.2) is 66.4 Å². The first-order chi connectivity index (χ1) is 15.9. The van der Waals surface area contributed by atoms with E-state index in [2.05, 4.69) is 13.8 Å². The minimum absolute atomic E-state index is 0.172. The number of benzene rings is 3. The van der Waals surface area contributed by atoms with Gasteiger partial charge in [0.05, 0.1) is 19.8 Å². The van der Waals surface area contributed by atoms with Crippen molar-refractivity contribution in [3.05, 3.63) is 88.7 Å². The fraction of sp³-hybridized carbons (Fsp3) is 0.185. The molecule has 0 saturated heterocycles. The number of ether oxygens (including phenoxy) is 4. The van der Waals surface area contributed by atoms with Crippen molar-refractivity contribution < 1.29 is 28.5 Å². The Morgan fingerprint density at radius 2 is 1.61 bits per heavy atom. The highest BCUT2D eigenvalue weighted by atomic mass is 16.5. The second kappa shape index (κ2) is 9.20.